The summed E-state index contributed by atoms with van der Waals surface area (Å²) in [5.74, 6) is -5.32. The van der Waals surface area contributed by atoms with Crippen molar-refractivity contribution < 1.29 is 28.2 Å². The van der Waals surface area contributed by atoms with Crippen LogP contribution in [0.25, 0.3) is 0 Å². The minimum atomic E-state index is -3.33. The fourth-order valence-corrected chi connectivity index (χ4v) is 3.10. The van der Waals surface area contributed by atoms with Crippen LogP contribution < -0.4 is 5.73 Å². The van der Waals surface area contributed by atoms with Gasteiger partial charge in [-0.1, -0.05) is 0 Å². The molecule has 1 saturated carbocycles. The Kier molecular flexibility index (Phi) is 3.25. The topological polar surface area (TPSA) is 135 Å². The lowest BCUT2D eigenvalue weighted by molar-refractivity contribution is -0.140. The zero-order chi connectivity index (χ0) is 12.7. The number of nitrogens with two attached hydrogens (primary N) is 1. The van der Waals surface area contributed by atoms with Gasteiger partial charge in [-0.05, 0) is 5.92 Å². The van der Waals surface area contributed by atoms with Gasteiger partial charge < -0.3 is 15.9 Å². The normalized spacial score (nSPS) is 30.8. The van der Waals surface area contributed by atoms with Gasteiger partial charge in [-0.15, -0.1) is 0 Å². The number of carboxylic acids is 2. The van der Waals surface area contributed by atoms with Crippen molar-refractivity contribution >= 4 is 21.8 Å². The summed E-state index contributed by atoms with van der Waals surface area (Å²) in [4.78, 5) is 21.3. The van der Waals surface area contributed by atoms with Gasteiger partial charge >= 0.3 is 11.9 Å². The Balaban J connectivity index is 2.79. The van der Waals surface area contributed by atoms with Gasteiger partial charge in [-0.3, -0.25) is 9.59 Å². The Bertz CT molecular complexity index is 416. The molecule has 0 bridgehead atoms. The molecule has 0 aromatic heterocycles. The Morgan fingerprint density at radius 3 is 2.19 bits per heavy atom. The summed E-state index contributed by atoms with van der Waals surface area (Å²) in [7, 11) is -3.33. The number of hydrogen-bond donors (Lipinski definition) is 3. The van der Waals surface area contributed by atoms with Crippen molar-refractivity contribution in [1.29, 1.82) is 0 Å². The molecule has 16 heavy (non-hydrogen) atoms. The molecule has 0 heterocycles. The maximum absolute atomic E-state index is 11.0. The van der Waals surface area contributed by atoms with Crippen LogP contribution in [0, 0.1) is 17.8 Å². The minimum absolute atomic E-state index is 0.338. The molecular weight excluding hydrogens is 238 g/mol. The molecule has 1 aliphatic rings. The lowest BCUT2D eigenvalue weighted by Crippen LogP contribution is -2.34. The van der Waals surface area contributed by atoms with E-state index in [1.165, 1.54) is 0 Å². The number of hydrogen-bond acceptors (Lipinski definition) is 5. The first-order valence-electron chi connectivity index (χ1n) is 4.54. The number of carbonyl (C=O) groups is 2. The van der Waals surface area contributed by atoms with Crippen molar-refractivity contribution in [2.45, 2.75) is 6.04 Å². The molecule has 0 amide bonds. The second-order valence-electron chi connectivity index (χ2n) is 4.06. The molecule has 8 heteroatoms. The lowest BCUT2D eigenvalue weighted by atomic mass is 10.1. The van der Waals surface area contributed by atoms with E-state index in [4.69, 9.17) is 15.9 Å². The molecule has 0 aromatic carbocycles. The average Bonchev–Trinajstić information content (AvgIpc) is 2.73. The van der Waals surface area contributed by atoms with E-state index in [1.807, 2.05) is 0 Å². The van der Waals surface area contributed by atoms with Gasteiger partial charge in [-0.25, -0.2) is 8.42 Å². The SMILES string of the molecule is CS(=O)(=O)C[C@H]1[C@H](C(=O)O)[C@H]1[C@H](N)C(=O)O. The molecule has 92 valence electrons. The van der Waals surface area contributed by atoms with E-state index >= 15 is 0 Å². The van der Waals surface area contributed by atoms with Gasteiger partial charge in [0.05, 0.1) is 11.7 Å². The van der Waals surface area contributed by atoms with Crippen LogP contribution in [0.15, 0.2) is 0 Å². The largest absolute Gasteiger partial charge is 0.481 e. The highest BCUT2D eigenvalue weighted by atomic mass is 32.2. The van der Waals surface area contributed by atoms with Crippen molar-refractivity contribution in [3.63, 3.8) is 0 Å². The van der Waals surface area contributed by atoms with Crippen molar-refractivity contribution in [2.75, 3.05) is 12.0 Å². The zero-order valence-electron chi connectivity index (χ0n) is 8.53. The second-order valence-corrected chi connectivity index (χ2v) is 6.25. The van der Waals surface area contributed by atoms with Crippen LogP contribution in [0.1, 0.15) is 0 Å². The van der Waals surface area contributed by atoms with Crippen LogP contribution in [-0.4, -0.2) is 48.6 Å². The molecule has 0 aliphatic heterocycles. The van der Waals surface area contributed by atoms with Gasteiger partial charge in [0.15, 0.2) is 0 Å². The van der Waals surface area contributed by atoms with E-state index in [1.54, 1.807) is 0 Å². The van der Waals surface area contributed by atoms with Crippen LogP contribution in [0.3, 0.4) is 0 Å². The highest BCUT2D eigenvalue weighted by molar-refractivity contribution is 7.90. The van der Waals surface area contributed by atoms with Crippen molar-refractivity contribution in [1.82, 2.24) is 0 Å². The first-order valence-corrected chi connectivity index (χ1v) is 6.60. The Morgan fingerprint density at radius 2 is 1.88 bits per heavy atom. The van der Waals surface area contributed by atoms with Crippen molar-refractivity contribution in [3.05, 3.63) is 0 Å². The smallest absolute Gasteiger partial charge is 0.320 e. The molecule has 0 aromatic rings. The van der Waals surface area contributed by atoms with E-state index in [9.17, 15) is 18.0 Å². The van der Waals surface area contributed by atoms with Crippen LogP contribution in [0.4, 0.5) is 0 Å². The van der Waals surface area contributed by atoms with E-state index < -0.39 is 45.6 Å². The molecule has 4 atom stereocenters. The van der Waals surface area contributed by atoms with Gasteiger partial charge in [0, 0.05) is 12.2 Å². The maximum Gasteiger partial charge on any atom is 0.320 e. The monoisotopic (exact) mass is 251 g/mol. The van der Waals surface area contributed by atoms with Crippen molar-refractivity contribution in [3.8, 4) is 0 Å². The molecule has 1 aliphatic carbocycles. The van der Waals surface area contributed by atoms with E-state index in [0.29, 0.717) is 0 Å². The molecule has 0 radical (unpaired) electrons. The molecule has 1 fully saturated rings. The number of rotatable bonds is 5. The van der Waals surface area contributed by atoms with Crippen LogP contribution in [-0.2, 0) is 19.4 Å². The van der Waals surface area contributed by atoms with Crippen molar-refractivity contribution in [2.24, 2.45) is 23.5 Å². The number of aliphatic carboxylic acids is 2. The quantitative estimate of drug-likeness (QED) is 0.535. The molecule has 7 nitrogen and oxygen atoms in total. The fraction of sp³-hybridized carbons (Fsp3) is 0.750. The summed E-state index contributed by atoms with van der Waals surface area (Å²) in [5, 5.41) is 17.4. The highest BCUT2D eigenvalue weighted by Crippen LogP contribution is 2.49. The summed E-state index contributed by atoms with van der Waals surface area (Å²) >= 11 is 0. The number of sulfone groups is 1. The van der Waals surface area contributed by atoms with Gasteiger partial charge in [0.1, 0.15) is 15.9 Å². The maximum atomic E-state index is 11.0. The summed E-state index contributed by atoms with van der Waals surface area (Å²) in [5.41, 5.74) is 5.30. The molecule has 0 saturated heterocycles. The third-order valence-corrected chi connectivity index (χ3v) is 3.70. The van der Waals surface area contributed by atoms with Crippen LogP contribution in [0.2, 0.25) is 0 Å². The van der Waals surface area contributed by atoms with Gasteiger partial charge in [0.2, 0.25) is 0 Å². The summed E-state index contributed by atoms with van der Waals surface area (Å²) in [6.45, 7) is 0. The first-order chi connectivity index (χ1) is 7.15. The van der Waals surface area contributed by atoms with Crippen LogP contribution >= 0.6 is 0 Å². The Labute approximate surface area is 92.2 Å². The van der Waals surface area contributed by atoms with Gasteiger partial charge in [-0.2, -0.15) is 0 Å². The summed E-state index contributed by atoms with van der Waals surface area (Å²) < 4.78 is 22.0. The Hall–Kier alpha value is -1.15. The number of carboxylic acid groups (broad SMARTS) is 2. The average molecular weight is 251 g/mol. The van der Waals surface area contributed by atoms with E-state index in [0.717, 1.165) is 6.26 Å². The standard InChI is InChI=1S/C8H13NO6S/c1-16(14,15)2-3-4(5(3)7(10)11)6(9)8(12)13/h3-6H,2,9H2,1H3,(H,10,11)(H,12,13)/t3-,4+,5+,6+/m1/s1. The highest BCUT2D eigenvalue weighted by Gasteiger charge is 2.60. The minimum Gasteiger partial charge on any atom is -0.481 e. The summed E-state index contributed by atoms with van der Waals surface area (Å²) in [6.07, 6.45) is 0.980. The molecular formula is C8H13NO6S. The predicted molar refractivity (Wildman–Crippen MR) is 53.4 cm³/mol. The third kappa shape index (κ3) is 2.70. The second kappa shape index (κ2) is 4.02. The molecule has 4 N–H and O–H groups in total. The first kappa shape index (κ1) is 12.9. The van der Waals surface area contributed by atoms with E-state index in [-0.39, 0.29) is 5.75 Å². The van der Waals surface area contributed by atoms with Gasteiger partial charge in [0.25, 0.3) is 0 Å². The Morgan fingerprint density at radius 1 is 1.38 bits per heavy atom. The summed E-state index contributed by atoms with van der Waals surface area (Å²) in [6, 6.07) is -1.33. The molecule has 0 unspecified atom stereocenters. The third-order valence-electron chi connectivity index (χ3n) is 2.71. The zero-order valence-corrected chi connectivity index (χ0v) is 9.35. The van der Waals surface area contributed by atoms with Crippen LogP contribution in [0.5, 0.6) is 0 Å². The molecule has 0 spiro atoms. The molecule has 1 rings (SSSR count). The fourth-order valence-electron chi connectivity index (χ4n) is 1.97. The van der Waals surface area contributed by atoms with E-state index in [2.05, 4.69) is 0 Å². The predicted octanol–water partition coefficient (Wildman–Crippen LogP) is -1.61. The lowest BCUT2D eigenvalue weighted by Gasteiger charge is -2.03.